The average molecular weight is 264 g/mol. The number of nitrogens with one attached hydrogen (secondary N) is 1. The summed E-state index contributed by atoms with van der Waals surface area (Å²) in [7, 11) is 0. The topological polar surface area (TPSA) is 84.6 Å². The Morgan fingerprint density at radius 2 is 2.21 bits per heavy atom. The molecule has 4 N–H and O–H groups in total. The molecule has 1 aliphatic heterocycles. The summed E-state index contributed by atoms with van der Waals surface area (Å²) < 4.78 is 5.53. The van der Waals surface area contributed by atoms with Gasteiger partial charge in [0.2, 0.25) is 0 Å². The summed E-state index contributed by atoms with van der Waals surface area (Å²) >= 11 is 0. The highest BCUT2D eigenvalue weighted by atomic mass is 16.5. The molecule has 1 aromatic rings. The van der Waals surface area contributed by atoms with Gasteiger partial charge < -0.3 is 20.9 Å². The second-order valence-electron chi connectivity index (χ2n) is 4.86. The molecule has 2 unspecified atom stereocenters. The van der Waals surface area contributed by atoms with Gasteiger partial charge in [-0.25, -0.2) is 0 Å². The summed E-state index contributed by atoms with van der Waals surface area (Å²) in [4.78, 5) is 10.7. The van der Waals surface area contributed by atoms with Crippen LogP contribution in [0.3, 0.4) is 0 Å². The minimum absolute atomic E-state index is 0.306. The quantitative estimate of drug-likeness (QED) is 0.719. The van der Waals surface area contributed by atoms with Gasteiger partial charge in [-0.05, 0) is 37.0 Å². The van der Waals surface area contributed by atoms with Crippen molar-refractivity contribution >= 4 is 11.7 Å². The molecule has 0 aromatic heterocycles. The second-order valence-corrected chi connectivity index (χ2v) is 4.86. The zero-order valence-corrected chi connectivity index (χ0v) is 10.8. The van der Waals surface area contributed by atoms with Gasteiger partial charge in [0.1, 0.15) is 6.04 Å². The molecule has 5 nitrogen and oxygen atoms in total. The van der Waals surface area contributed by atoms with Gasteiger partial charge >= 0.3 is 5.97 Å². The molecule has 1 saturated heterocycles. The Bertz CT molecular complexity index is 413. The standard InChI is InChI=1S/C14H20N2O3/c15-13(14(17)18)8-10-3-5-11(6-4-10)16-9-12-2-1-7-19-12/h3-6,12-13,16H,1-2,7-9,15H2,(H,17,18). The van der Waals surface area contributed by atoms with E-state index in [1.165, 1.54) is 0 Å². The van der Waals surface area contributed by atoms with Crippen LogP contribution in [0, 0.1) is 0 Å². The first-order valence-corrected chi connectivity index (χ1v) is 6.58. The number of aliphatic carboxylic acids is 1. The van der Waals surface area contributed by atoms with E-state index in [1.54, 1.807) is 0 Å². The fourth-order valence-corrected chi connectivity index (χ4v) is 2.14. The molecule has 0 aliphatic carbocycles. The van der Waals surface area contributed by atoms with Crippen LogP contribution in [-0.4, -0.2) is 36.4 Å². The molecule has 104 valence electrons. The predicted molar refractivity (Wildman–Crippen MR) is 73.2 cm³/mol. The van der Waals surface area contributed by atoms with Crippen LogP contribution < -0.4 is 11.1 Å². The number of carboxylic acid groups (broad SMARTS) is 1. The maximum Gasteiger partial charge on any atom is 0.320 e. The van der Waals surface area contributed by atoms with Crippen LogP contribution in [0.2, 0.25) is 0 Å². The number of carboxylic acids is 1. The van der Waals surface area contributed by atoms with E-state index >= 15 is 0 Å². The molecule has 19 heavy (non-hydrogen) atoms. The Labute approximate surface area is 112 Å². The first kappa shape index (κ1) is 13.8. The number of carbonyl (C=O) groups is 1. The van der Waals surface area contributed by atoms with Crippen molar-refractivity contribution < 1.29 is 14.6 Å². The smallest absolute Gasteiger partial charge is 0.320 e. The van der Waals surface area contributed by atoms with Crippen molar-refractivity contribution in [2.75, 3.05) is 18.5 Å². The fraction of sp³-hybridized carbons (Fsp3) is 0.500. The Kier molecular flexibility index (Phi) is 4.76. The van der Waals surface area contributed by atoms with Crippen molar-refractivity contribution in [3.63, 3.8) is 0 Å². The SMILES string of the molecule is NC(Cc1ccc(NCC2CCCO2)cc1)C(=O)O. The maximum absolute atomic E-state index is 10.7. The zero-order valence-electron chi connectivity index (χ0n) is 10.8. The Morgan fingerprint density at radius 3 is 2.79 bits per heavy atom. The van der Waals surface area contributed by atoms with Crippen LogP contribution in [0.5, 0.6) is 0 Å². The van der Waals surface area contributed by atoms with Crippen molar-refractivity contribution in [1.29, 1.82) is 0 Å². The molecule has 0 spiro atoms. The van der Waals surface area contributed by atoms with Gasteiger partial charge in [0.05, 0.1) is 6.10 Å². The van der Waals surface area contributed by atoms with Gasteiger partial charge in [-0.3, -0.25) is 4.79 Å². The minimum atomic E-state index is -0.972. The number of anilines is 1. The van der Waals surface area contributed by atoms with Crippen molar-refractivity contribution in [2.45, 2.75) is 31.4 Å². The van der Waals surface area contributed by atoms with Crippen LogP contribution >= 0.6 is 0 Å². The number of nitrogens with two attached hydrogens (primary N) is 1. The number of ether oxygens (including phenoxy) is 1. The molecule has 5 heteroatoms. The Balaban J connectivity index is 1.82. The van der Waals surface area contributed by atoms with E-state index in [-0.39, 0.29) is 0 Å². The van der Waals surface area contributed by atoms with E-state index in [0.717, 1.165) is 37.2 Å². The highest BCUT2D eigenvalue weighted by molar-refractivity contribution is 5.73. The van der Waals surface area contributed by atoms with E-state index in [0.29, 0.717) is 12.5 Å². The largest absolute Gasteiger partial charge is 0.480 e. The summed E-state index contributed by atoms with van der Waals surface area (Å²) in [5.74, 6) is -0.972. The van der Waals surface area contributed by atoms with Crippen LogP contribution in [0.25, 0.3) is 0 Å². The molecule has 0 amide bonds. The van der Waals surface area contributed by atoms with Gasteiger partial charge in [0.25, 0.3) is 0 Å². The summed E-state index contributed by atoms with van der Waals surface area (Å²) in [6.07, 6.45) is 2.90. The third kappa shape index (κ3) is 4.22. The number of hydrogen-bond acceptors (Lipinski definition) is 4. The first-order chi connectivity index (χ1) is 9.15. The van der Waals surface area contributed by atoms with Gasteiger partial charge in [0, 0.05) is 18.8 Å². The van der Waals surface area contributed by atoms with Gasteiger partial charge in [-0.1, -0.05) is 12.1 Å². The van der Waals surface area contributed by atoms with Crippen molar-refractivity contribution in [1.82, 2.24) is 0 Å². The van der Waals surface area contributed by atoms with E-state index < -0.39 is 12.0 Å². The minimum Gasteiger partial charge on any atom is -0.480 e. The normalized spacial score (nSPS) is 20.2. The lowest BCUT2D eigenvalue weighted by molar-refractivity contribution is -0.138. The summed E-state index contributed by atoms with van der Waals surface area (Å²) in [6.45, 7) is 1.67. The van der Waals surface area contributed by atoms with Crippen molar-refractivity contribution in [3.05, 3.63) is 29.8 Å². The van der Waals surface area contributed by atoms with Gasteiger partial charge in [-0.15, -0.1) is 0 Å². The average Bonchev–Trinajstić information content (AvgIpc) is 2.91. The third-order valence-corrected chi connectivity index (χ3v) is 3.28. The maximum atomic E-state index is 10.7. The zero-order chi connectivity index (χ0) is 13.7. The molecule has 1 aromatic carbocycles. The summed E-state index contributed by atoms with van der Waals surface area (Å²) in [5.41, 5.74) is 7.44. The molecule has 1 heterocycles. The monoisotopic (exact) mass is 264 g/mol. The van der Waals surface area contributed by atoms with Crippen LogP contribution in [-0.2, 0) is 16.0 Å². The molecule has 0 saturated carbocycles. The lowest BCUT2D eigenvalue weighted by Crippen LogP contribution is -2.32. The molecule has 2 rings (SSSR count). The molecule has 0 bridgehead atoms. The van der Waals surface area contributed by atoms with Crippen LogP contribution in [0.1, 0.15) is 18.4 Å². The van der Waals surface area contributed by atoms with E-state index in [9.17, 15) is 4.79 Å². The summed E-state index contributed by atoms with van der Waals surface area (Å²) in [6, 6.07) is 6.85. The van der Waals surface area contributed by atoms with Crippen LogP contribution in [0.15, 0.2) is 24.3 Å². The Hall–Kier alpha value is -1.59. The molecule has 0 radical (unpaired) electrons. The number of rotatable bonds is 6. The molecular formula is C14H20N2O3. The van der Waals surface area contributed by atoms with E-state index in [4.69, 9.17) is 15.6 Å². The van der Waals surface area contributed by atoms with Crippen molar-refractivity contribution in [3.8, 4) is 0 Å². The van der Waals surface area contributed by atoms with Gasteiger partial charge in [-0.2, -0.15) is 0 Å². The highest BCUT2D eigenvalue weighted by Crippen LogP contribution is 2.15. The van der Waals surface area contributed by atoms with Crippen molar-refractivity contribution in [2.24, 2.45) is 5.73 Å². The Morgan fingerprint density at radius 1 is 1.47 bits per heavy atom. The van der Waals surface area contributed by atoms with Gasteiger partial charge in [0.15, 0.2) is 0 Å². The van der Waals surface area contributed by atoms with Crippen LogP contribution in [0.4, 0.5) is 5.69 Å². The fourth-order valence-electron chi connectivity index (χ4n) is 2.14. The highest BCUT2D eigenvalue weighted by Gasteiger charge is 2.15. The van der Waals surface area contributed by atoms with E-state index in [1.807, 2.05) is 24.3 Å². The number of benzene rings is 1. The molecular weight excluding hydrogens is 244 g/mol. The predicted octanol–water partition coefficient (Wildman–Crippen LogP) is 1.23. The van der Waals surface area contributed by atoms with E-state index in [2.05, 4.69) is 5.32 Å². The molecule has 1 fully saturated rings. The lowest BCUT2D eigenvalue weighted by Gasteiger charge is -2.12. The third-order valence-electron chi connectivity index (χ3n) is 3.28. The first-order valence-electron chi connectivity index (χ1n) is 6.58. The second kappa shape index (κ2) is 6.54. The molecule has 2 atom stereocenters. The molecule has 1 aliphatic rings. The summed E-state index contributed by atoms with van der Waals surface area (Å²) in [5, 5.41) is 12.1. The number of hydrogen-bond donors (Lipinski definition) is 3. The lowest BCUT2D eigenvalue weighted by atomic mass is 10.1.